The summed E-state index contributed by atoms with van der Waals surface area (Å²) in [5, 5.41) is 8.86. The van der Waals surface area contributed by atoms with Crippen molar-refractivity contribution in [2.24, 2.45) is 0 Å². The van der Waals surface area contributed by atoms with E-state index in [9.17, 15) is 4.79 Å². The van der Waals surface area contributed by atoms with Crippen LogP contribution in [0.5, 0.6) is 0 Å². The van der Waals surface area contributed by atoms with E-state index >= 15 is 0 Å². The van der Waals surface area contributed by atoms with Crippen molar-refractivity contribution in [2.75, 3.05) is 26.3 Å². The van der Waals surface area contributed by atoms with Gasteiger partial charge in [0.1, 0.15) is 6.04 Å². The lowest BCUT2D eigenvalue weighted by Gasteiger charge is -2.32. The van der Waals surface area contributed by atoms with Crippen LogP contribution in [0.2, 0.25) is 0 Å². The van der Waals surface area contributed by atoms with Gasteiger partial charge >= 0.3 is 5.97 Å². The van der Waals surface area contributed by atoms with Gasteiger partial charge in [-0.1, -0.05) is 6.08 Å². The Hall–Kier alpha value is -0.870. The molecule has 0 saturated carbocycles. The minimum absolute atomic E-state index is 0.298. The van der Waals surface area contributed by atoms with E-state index in [2.05, 4.69) is 6.58 Å². The minimum atomic E-state index is -0.802. The van der Waals surface area contributed by atoms with Gasteiger partial charge in [-0.25, -0.2) is 0 Å². The highest BCUT2D eigenvalue weighted by atomic mass is 16.5. The van der Waals surface area contributed by atoms with Crippen molar-refractivity contribution in [2.45, 2.75) is 12.5 Å². The number of ether oxygens (including phenoxy) is 1. The maximum Gasteiger partial charge on any atom is 0.323 e. The zero-order valence-electron chi connectivity index (χ0n) is 7.61. The molecule has 1 heterocycles. The maximum atomic E-state index is 10.8. The molecule has 1 unspecified atom stereocenters. The van der Waals surface area contributed by atoms with Crippen LogP contribution in [0.15, 0.2) is 12.7 Å². The van der Waals surface area contributed by atoms with Gasteiger partial charge in [0.15, 0.2) is 0 Å². The van der Waals surface area contributed by atoms with Crippen molar-refractivity contribution in [1.29, 1.82) is 0 Å². The van der Waals surface area contributed by atoms with Crippen LogP contribution in [0.4, 0.5) is 0 Å². The van der Waals surface area contributed by atoms with Crippen molar-refractivity contribution < 1.29 is 14.6 Å². The average Bonchev–Trinajstić information content (AvgIpc) is 2.15. The van der Waals surface area contributed by atoms with Gasteiger partial charge < -0.3 is 9.84 Å². The van der Waals surface area contributed by atoms with Gasteiger partial charge in [0.25, 0.3) is 0 Å². The normalized spacial score (nSPS) is 24.2. The quantitative estimate of drug-likeness (QED) is 0.642. The molecule has 0 aromatic heterocycles. The third-order valence-corrected chi connectivity index (χ3v) is 2.14. The largest absolute Gasteiger partial charge is 0.480 e. The molecule has 0 amide bonds. The Morgan fingerprint density at radius 3 is 3.15 bits per heavy atom. The van der Waals surface area contributed by atoms with Crippen LogP contribution in [-0.4, -0.2) is 48.3 Å². The van der Waals surface area contributed by atoms with Gasteiger partial charge in [-0.15, -0.1) is 6.58 Å². The van der Waals surface area contributed by atoms with Gasteiger partial charge in [-0.2, -0.15) is 0 Å². The first-order valence-corrected chi connectivity index (χ1v) is 4.41. The number of nitrogens with zero attached hydrogens (tertiary/aromatic N) is 1. The molecule has 0 radical (unpaired) electrons. The molecular formula is C9H15NO3. The van der Waals surface area contributed by atoms with E-state index in [4.69, 9.17) is 9.84 Å². The molecule has 0 aromatic carbocycles. The van der Waals surface area contributed by atoms with Crippen LogP contribution in [0.25, 0.3) is 0 Å². The molecule has 1 atom stereocenters. The molecule has 1 N–H and O–H groups in total. The number of carboxylic acids is 1. The highest BCUT2D eigenvalue weighted by Gasteiger charge is 2.28. The summed E-state index contributed by atoms with van der Waals surface area (Å²) < 4.78 is 5.11. The van der Waals surface area contributed by atoms with Gasteiger partial charge in [-0.3, -0.25) is 9.69 Å². The lowest BCUT2D eigenvalue weighted by Crippen LogP contribution is -2.50. The summed E-state index contributed by atoms with van der Waals surface area (Å²) in [6.07, 6.45) is 2.62. The smallest absolute Gasteiger partial charge is 0.323 e. The third kappa shape index (κ3) is 2.82. The fourth-order valence-electron chi connectivity index (χ4n) is 1.39. The van der Waals surface area contributed by atoms with Gasteiger partial charge in [0, 0.05) is 13.1 Å². The van der Waals surface area contributed by atoms with Gasteiger partial charge in [-0.05, 0) is 6.42 Å². The molecule has 1 fully saturated rings. The maximum absolute atomic E-state index is 10.8. The van der Waals surface area contributed by atoms with E-state index in [0.29, 0.717) is 19.8 Å². The summed E-state index contributed by atoms with van der Waals surface area (Å²) in [5.74, 6) is -0.802. The number of hydrogen-bond donors (Lipinski definition) is 1. The number of carbonyl (C=O) groups is 1. The first kappa shape index (κ1) is 10.2. The predicted molar refractivity (Wildman–Crippen MR) is 48.6 cm³/mol. The molecule has 0 aromatic rings. The second-order valence-corrected chi connectivity index (χ2v) is 3.04. The zero-order valence-corrected chi connectivity index (χ0v) is 7.61. The molecule has 0 bridgehead atoms. The summed E-state index contributed by atoms with van der Waals surface area (Å²) >= 11 is 0. The Morgan fingerprint density at radius 1 is 1.77 bits per heavy atom. The van der Waals surface area contributed by atoms with Crippen LogP contribution in [0.1, 0.15) is 6.42 Å². The first-order chi connectivity index (χ1) is 6.25. The number of morpholine rings is 1. The van der Waals surface area contributed by atoms with E-state index in [1.165, 1.54) is 0 Å². The van der Waals surface area contributed by atoms with Crippen LogP contribution in [0, 0.1) is 0 Å². The molecule has 0 spiro atoms. The number of rotatable bonds is 4. The SMILES string of the molecule is C=CCCN1CCOCC1C(=O)O. The van der Waals surface area contributed by atoms with Gasteiger partial charge in [0.05, 0.1) is 13.2 Å². The fourth-order valence-corrected chi connectivity index (χ4v) is 1.39. The monoisotopic (exact) mass is 185 g/mol. The van der Waals surface area contributed by atoms with E-state index in [1.54, 1.807) is 6.08 Å². The van der Waals surface area contributed by atoms with Crippen LogP contribution in [0.3, 0.4) is 0 Å². The average molecular weight is 185 g/mol. The summed E-state index contributed by atoms with van der Waals surface area (Å²) in [5.41, 5.74) is 0. The van der Waals surface area contributed by atoms with Crippen LogP contribution < -0.4 is 0 Å². The Kier molecular flexibility index (Phi) is 3.92. The van der Waals surface area contributed by atoms with E-state index in [-0.39, 0.29) is 0 Å². The lowest BCUT2D eigenvalue weighted by atomic mass is 10.2. The van der Waals surface area contributed by atoms with E-state index < -0.39 is 12.0 Å². The molecule has 1 aliphatic rings. The van der Waals surface area contributed by atoms with Crippen molar-refractivity contribution in [3.05, 3.63) is 12.7 Å². The molecule has 1 rings (SSSR count). The number of carboxylic acid groups (broad SMARTS) is 1. The second-order valence-electron chi connectivity index (χ2n) is 3.04. The molecule has 74 valence electrons. The molecule has 4 heteroatoms. The summed E-state index contributed by atoms with van der Waals surface area (Å²) in [4.78, 5) is 12.7. The Morgan fingerprint density at radius 2 is 2.54 bits per heavy atom. The van der Waals surface area contributed by atoms with Crippen molar-refractivity contribution >= 4 is 5.97 Å². The summed E-state index contributed by atoms with van der Waals surface area (Å²) in [6, 6.07) is -0.478. The highest BCUT2D eigenvalue weighted by Crippen LogP contribution is 2.07. The Labute approximate surface area is 77.8 Å². The molecule has 1 saturated heterocycles. The predicted octanol–water partition coefficient (Wildman–Crippen LogP) is 0.348. The first-order valence-electron chi connectivity index (χ1n) is 4.41. The standard InChI is InChI=1S/C9H15NO3/c1-2-3-4-10-5-6-13-7-8(10)9(11)12/h2,8H,1,3-7H2,(H,11,12). The highest BCUT2D eigenvalue weighted by molar-refractivity contribution is 5.73. The second kappa shape index (κ2) is 4.99. The fraction of sp³-hybridized carbons (Fsp3) is 0.667. The third-order valence-electron chi connectivity index (χ3n) is 2.14. The molecule has 1 aliphatic heterocycles. The van der Waals surface area contributed by atoms with E-state index in [0.717, 1.165) is 13.0 Å². The lowest BCUT2D eigenvalue weighted by molar-refractivity contribution is -0.149. The van der Waals surface area contributed by atoms with Crippen molar-refractivity contribution in [1.82, 2.24) is 4.90 Å². The molecule has 4 nitrogen and oxygen atoms in total. The number of hydrogen-bond acceptors (Lipinski definition) is 3. The van der Waals surface area contributed by atoms with Gasteiger partial charge in [0.2, 0.25) is 0 Å². The zero-order chi connectivity index (χ0) is 9.68. The Bertz CT molecular complexity index is 193. The molecular weight excluding hydrogens is 170 g/mol. The summed E-state index contributed by atoms with van der Waals surface area (Å²) in [7, 11) is 0. The van der Waals surface area contributed by atoms with Crippen molar-refractivity contribution in [3.8, 4) is 0 Å². The van der Waals surface area contributed by atoms with Crippen molar-refractivity contribution in [3.63, 3.8) is 0 Å². The molecule has 13 heavy (non-hydrogen) atoms. The summed E-state index contributed by atoms with van der Waals surface area (Å²) in [6.45, 7) is 5.99. The van der Waals surface area contributed by atoms with Crippen LogP contribution >= 0.6 is 0 Å². The van der Waals surface area contributed by atoms with Crippen LogP contribution in [-0.2, 0) is 9.53 Å². The molecule has 0 aliphatic carbocycles. The number of aliphatic carboxylic acids is 1. The van der Waals surface area contributed by atoms with E-state index in [1.807, 2.05) is 4.90 Å². The Balaban J connectivity index is 2.46. The topological polar surface area (TPSA) is 49.8 Å². The minimum Gasteiger partial charge on any atom is -0.480 e.